The summed E-state index contributed by atoms with van der Waals surface area (Å²) in [6.45, 7) is 5.48. The third kappa shape index (κ3) is 4.78. The summed E-state index contributed by atoms with van der Waals surface area (Å²) in [5, 5.41) is 13.5. The highest BCUT2D eigenvalue weighted by Gasteiger charge is 2.41. The maximum absolute atomic E-state index is 12.9. The fraction of sp³-hybridized carbons (Fsp3) is 0.773. The number of aliphatic hydroxyl groups excluding tert-OH is 1. The number of rotatable bonds is 5. The van der Waals surface area contributed by atoms with Crippen LogP contribution in [0.1, 0.15) is 62.9 Å². The average molecular weight is 390 g/mol. The molecule has 1 aromatic rings. The molecule has 3 fully saturated rings. The molecule has 1 aromatic heterocycles. The molecule has 2 N–H and O–H groups in total. The van der Waals surface area contributed by atoms with E-state index < -0.39 is 0 Å². The smallest absolute Gasteiger partial charge is 0.237 e. The van der Waals surface area contributed by atoms with Gasteiger partial charge in [0.05, 0.1) is 18.7 Å². The molecule has 0 radical (unpaired) electrons. The van der Waals surface area contributed by atoms with Crippen LogP contribution in [-0.2, 0) is 11.3 Å². The quantitative estimate of drug-likeness (QED) is 0.810. The van der Waals surface area contributed by atoms with Gasteiger partial charge in [0.1, 0.15) is 11.5 Å². The van der Waals surface area contributed by atoms with Crippen LogP contribution >= 0.6 is 0 Å². The molecule has 6 heteroatoms. The van der Waals surface area contributed by atoms with E-state index >= 15 is 0 Å². The van der Waals surface area contributed by atoms with Gasteiger partial charge in [0.25, 0.3) is 0 Å². The third-order valence-corrected chi connectivity index (χ3v) is 6.77. The van der Waals surface area contributed by atoms with Crippen LogP contribution < -0.4 is 5.32 Å². The Bertz CT molecular complexity index is 647. The van der Waals surface area contributed by atoms with Gasteiger partial charge < -0.3 is 14.8 Å². The van der Waals surface area contributed by atoms with Crippen molar-refractivity contribution in [3.63, 3.8) is 0 Å². The fourth-order valence-corrected chi connectivity index (χ4v) is 5.24. The summed E-state index contributed by atoms with van der Waals surface area (Å²) in [5.41, 5.74) is 0. The third-order valence-electron chi connectivity index (χ3n) is 6.77. The van der Waals surface area contributed by atoms with Crippen LogP contribution in [0.15, 0.2) is 16.5 Å². The second kappa shape index (κ2) is 8.97. The molecular formula is C22H35N3O3. The van der Waals surface area contributed by atoms with Crippen molar-refractivity contribution in [2.24, 2.45) is 0 Å². The first-order chi connectivity index (χ1) is 13.6. The Morgan fingerprint density at radius 3 is 2.61 bits per heavy atom. The number of β-amino-alcohol motifs (C(OH)–C–C–N with tert-alkyl or cyclic N) is 1. The van der Waals surface area contributed by atoms with Crippen molar-refractivity contribution < 1.29 is 14.3 Å². The number of aryl methyl sites for hydroxylation is 1. The molecule has 4 rings (SSSR count). The van der Waals surface area contributed by atoms with E-state index in [0.29, 0.717) is 25.0 Å². The number of aliphatic hydroxyl groups is 1. The highest BCUT2D eigenvalue weighted by molar-refractivity contribution is 5.82. The van der Waals surface area contributed by atoms with Crippen molar-refractivity contribution in [2.45, 2.75) is 89.1 Å². The van der Waals surface area contributed by atoms with Crippen LogP contribution in [0.2, 0.25) is 0 Å². The van der Waals surface area contributed by atoms with Crippen molar-refractivity contribution in [3.8, 4) is 0 Å². The monoisotopic (exact) mass is 389 g/mol. The molecule has 3 heterocycles. The fourth-order valence-electron chi connectivity index (χ4n) is 5.24. The molecule has 1 saturated carbocycles. The highest BCUT2D eigenvalue weighted by atomic mass is 16.3. The minimum atomic E-state index is -0.383. The summed E-state index contributed by atoms with van der Waals surface area (Å²) in [5.74, 6) is 2.12. The van der Waals surface area contributed by atoms with Crippen molar-refractivity contribution in [1.82, 2.24) is 15.1 Å². The maximum Gasteiger partial charge on any atom is 0.237 e. The molecular weight excluding hydrogens is 354 g/mol. The lowest BCUT2D eigenvalue weighted by Gasteiger charge is -2.39. The molecule has 28 heavy (non-hydrogen) atoms. The zero-order valence-electron chi connectivity index (χ0n) is 17.1. The Balaban J connectivity index is 1.30. The van der Waals surface area contributed by atoms with E-state index in [1.54, 1.807) is 0 Å². The topological polar surface area (TPSA) is 69.0 Å². The molecule has 6 nitrogen and oxygen atoms in total. The molecule has 2 saturated heterocycles. The first-order valence-corrected chi connectivity index (χ1v) is 11.1. The van der Waals surface area contributed by atoms with Gasteiger partial charge in [-0.05, 0) is 51.2 Å². The van der Waals surface area contributed by atoms with E-state index in [1.165, 1.54) is 19.3 Å². The van der Waals surface area contributed by atoms with Gasteiger partial charge in [-0.2, -0.15) is 0 Å². The lowest BCUT2D eigenvalue weighted by molar-refractivity contribution is -0.127. The predicted octanol–water partition coefficient (Wildman–Crippen LogP) is 2.44. The molecule has 0 aromatic carbocycles. The SMILES string of the molecule is Cc1ccc(CN2CCC(N3C[C@H](O)C[C@H]3C(=O)NC3CCCCC3)CC2)o1. The molecule has 2 atom stereocenters. The van der Waals surface area contributed by atoms with E-state index in [0.717, 1.165) is 56.8 Å². The van der Waals surface area contributed by atoms with E-state index in [4.69, 9.17) is 4.42 Å². The van der Waals surface area contributed by atoms with Gasteiger partial charge in [0.15, 0.2) is 0 Å². The molecule has 0 unspecified atom stereocenters. The van der Waals surface area contributed by atoms with Gasteiger partial charge in [-0.3, -0.25) is 14.6 Å². The minimum Gasteiger partial charge on any atom is -0.465 e. The van der Waals surface area contributed by atoms with Crippen LogP contribution in [0, 0.1) is 6.92 Å². The highest BCUT2D eigenvalue weighted by Crippen LogP contribution is 2.28. The Hall–Kier alpha value is -1.37. The molecule has 1 aliphatic carbocycles. The Morgan fingerprint density at radius 1 is 1.18 bits per heavy atom. The van der Waals surface area contributed by atoms with Gasteiger partial charge in [-0.1, -0.05) is 19.3 Å². The first kappa shape index (κ1) is 19.9. The molecule has 2 aliphatic heterocycles. The van der Waals surface area contributed by atoms with Crippen molar-refractivity contribution in [3.05, 3.63) is 23.7 Å². The summed E-state index contributed by atoms with van der Waals surface area (Å²) >= 11 is 0. The van der Waals surface area contributed by atoms with Gasteiger partial charge in [-0.15, -0.1) is 0 Å². The maximum atomic E-state index is 12.9. The van der Waals surface area contributed by atoms with E-state index in [1.807, 2.05) is 13.0 Å². The summed E-state index contributed by atoms with van der Waals surface area (Å²) in [6, 6.07) is 4.63. The largest absolute Gasteiger partial charge is 0.465 e. The number of nitrogens with one attached hydrogen (secondary N) is 1. The number of likely N-dealkylation sites (tertiary alicyclic amines) is 2. The number of amides is 1. The summed E-state index contributed by atoms with van der Waals surface area (Å²) < 4.78 is 5.71. The Kier molecular flexibility index (Phi) is 6.38. The van der Waals surface area contributed by atoms with E-state index in [-0.39, 0.29) is 18.1 Å². The van der Waals surface area contributed by atoms with E-state index in [2.05, 4.69) is 21.2 Å². The van der Waals surface area contributed by atoms with Crippen LogP contribution in [0.5, 0.6) is 0 Å². The number of piperidine rings is 1. The molecule has 1 amide bonds. The Morgan fingerprint density at radius 2 is 1.93 bits per heavy atom. The summed E-state index contributed by atoms with van der Waals surface area (Å²) in [6.07, 6.45) is 8.20. The van der Waals surface area contributed by atoms with Crippen LogP contribution in [0.25, 0.3) is 0 Å². The summed E-state index contributed by atoms with van der Waals surface area (Å²) in [4.78, 5) is 17.7. The van der Waals surface area contributed by atoms with Crippen LogP contribution in [0.3, 0.4) is 0 Å². The first-order valence-electron chi connectivity index (χ1n) is 11.1. The molecule has 156 valence electrons. The normalized spacial score (nSPS) is 28.6. The number of carbonyl (C=O) groups is 1. The Labute approximate surface area is 168 Å². The number of hydrogen-bond donors (Lipinski definition) is 2. The van der Waals surface area contributed by atoms with E-state index in [9.17, 15) is 9.90 Å². The van der Waals surface area contributed by atoms with Gasteiger partial charge >= 0.3 is 0 Å². The lowest BCUT2D eigenvalue weighted by atomic mass is 9.95. The predicted molar refractivity (Wildman–Crippen MR) is 108 cm³/mol. The molecule has 3 aliphatic rings. The minimum absolute atomic E-state index is 0.136. The van der Waals surface area contributed by atoms with Crippen molar-refractivity contribution >= 4 is 5.91 Å². The average Bonchev–Trinajstić information content (AvgIpc) is 3.28. The molecule has 0 bridgehead atoms. The number of nitrogens with zero attached hydrogens (tertiary/aromatic N) is 2. The number of furan rings is 1. The zero-order chi connectivity index (χ0) is 19.5. The zero-order valence-corrected chi connectivity index (χ0v) is 17.1. The standard InChI is InChI=1S/C22H35N3O3/c1-16-7-8-20(28-16)15-24-11-9-18(10-12-24)25-14-19(26)13-21(25)22(27)23-17-5-3-2-4-6-17/h7-8,17-19,21,26H,2-6,9-15H2,1H3,(H,23,27)/t19-,21+/m1/s1. The lowest BCUT2D eigenvalue weighted by Crippen LogP contribution is -2.52. The number of carbonyl (C=O) groups excluding carboxylic acids is 1. The number of hydrogen-bond acceptors (Lipinski definition) is 5. The second-order valence-corrected chi connectivity index (χ2v) is 8.97. The van der Waals surface area contributed by atoms with Crippen molar-refractivity contribution in [2.75, 3.05) is 19.6 Å². The molecule has 0 spiro atoms. The van der Waals surface area contributed by atoms with Gasteiger partial charge in [0.2, 0.25) is 5.91 Å². The van der Waals surface area contributed by atoms with Crippen LogP contribution in [-0.4, -0.2) is 64.7 Å². The van der Waals surface area contributed by atoms with Gasteiger partial charge in [0, 0.05) is 31.7 Å². The van der Waals surface area contributed by atoms with Gasteiger partial charge in [-0.25, -0.2) is 0 Å². The van der Waals surface area contributed by atoms with Crippen molar-refractivity contribution in [1.29, 1.82) is 0 Å². The summed E-state index contributed by atoms with van der Waals surface area (Å²) in [7, 11) is 0. The second-order valence-electron chi connectivity index (χ2n) is 8.97. The van der Waals surface area contributed by atoms with Crippen LogP contribution in [0.4, 0.5) is 0 Å².